The maximum atomic E-state index is 12.5. The monoisotopic (exact) mass is 320 g/mol. The van der Waals surface area contributed by atoms with E-state index in [9.17, 15) is 9.59 Å². The highest BCUT2D eigenvalue weighted by molar-refractivity contribution is 5.94. The number of hydrogen-bond acceptors (Lipinski definition) is 3. The molecule has 1 N–H and O–H groups in total. The van der Waals surface area contributed by atoms with E-state index in [0.29, 0.717) is 16.9 Å². The molecule has 0 unspecified atom stereocenters. The number of hydrogen-bond donors (Lipinski definition) is 1. The minimum atomic E-state index is -0.992. The number of imidazole rings is 1. The zero-order valence-electron chi connectivity index (χ0n) is 12.9. The number of carboxylic acids is 1. The molecule has 24 heavy (non-hydrogen) atoms. The number of nitrogens with zero attached hydrogens (tertiary/aromatic N) is 2. The van der Waals surface area contributed by atoms with E-state index >= 15 is 0 Å². The van der Waals surface area contributed by atoms with Gasteiger partial charge in [-0.25, -0.2) is 4.98 Å². The number of carbonyl (C=O) groups is 2. The van der Waals surface area contributed by atoms with Crippen LogP contribution in [-0.2, 0) is 4.79 Å². The van der Waals surface area contributed by atoms with Gasteiger partial charge in [-0.3, -0.25) is 14.2 Å². The van der Waals surface area contributed by atoms with E-state index in [1.807, 2.05) is 54.6 Å². The first kappa shape index (κ1) is 15.7. The summed E-state index contributed by atoms with van der Waals surface area (Å²) in [6.45, 7) is 0. The number of aromatic nitrogens is 2. The van der Waals surface area contributed by atoms with Crippen LogP contribution in [0.4, 0.5) is 0 Å². The standard InChI is InChI=1S/C19H16N2O3/c22-18(12-13-19(23)24)21-16-9-5-4-8-15(16)20-17(21)11-10-14-6-2-1-3-7-14/h1-11H,12-13H2,(H,23,24)/b11-10+. The van der Waals surface area contributed by atoms with Crippen molar-refractivity contribution >= 4 is 35.1 Å². The number of para-hydroxylation sites is 2. The summed E-state index contributed by atoms with van der Waals surface area (Å²) in [5, 5.41) is 8.80. The van der Waals surface area contributed by atoms with Crippen molar-refractivity contribution in [2.24, 2.45) is 0 Å². The lowest BCUT2D eigenvalue weighted by Gasteiger charge is -2.04. The van der Waals surface area contributed by atoms with Gasteiger partial charge in [-0.05, 0) is 23.8 Å². The largest absolute Gasteiger partial charge is 0.481 e. The topological polar surface area (TPSA) is 72.2 Å². The highest BCUT2D eigenvalue weighted by Crippen LogP contribution is 2.19. The van der Waals surface area contributed by atoms with E-state index in [1.165, 1.54) is 4.57 Å². The quantitative estimate of drug-likeness (QED) is 0.778. The molecular formula is C19H16N2O3. The van der Waals surface area contributed by atoms with Gasteiger partial charge in [0.15, 0.2) is 0 Å². The molecule has 0 aliphatic rings. The second kappa shape index (κ2) is 6.91. The van der Waals surface area contributed by atoms with Crippen molar-refractivity contribution in [1.82, 2.24) is 9.55 Å². The summed E-state index contributed by atoms with van der Waals surface area (Å²) in [7, 11) is 0. The van der Waals surface area contributed by atoms with Gasteiger partial charge in [-0.1, -0.05) is 48.5 Å². The highest BCUT2D eigenvalue weighted by atomic mass is 16.4. The Morgan fingerprint density at radius 3 is 2.42 bits per heavy atom. The molecule has 0 atom stereocenters. The Bertz CT molecular complexity index is 911. The Labute approximate surface area is 138 Å². The maximum Gasteiger partial charge on any atom is 0.303 e. The fraction of sp³-hybridized carbons (Fsp3) is 0.105. The lowest BCUT2D eigenvalue weighted by molar-refractivity contribution is -0.136. The Balaban J connectivity index is 2.00. The lowest BCUT2D eigenvalue weighted by Crippen LogP contribution is -2.13. The predicted molar refractivity (Wildman–Crippen MR) is 92.6 cm³/mol. The first-order valence-corrected chi connectivity index (χ1v) is 7.61. The van der Waals surface area contributed by atoms with Crippen LogP contribution < -0.4 is 0 Å². The fourth-order valence-corrected chi connectivity index (χ4v) is 2.48. The number of carboxylic acid groups (broad SMARTS) is 1. The van der Waals surface area contributed by atoms with Crippen LogP contribution in [-0.4, -0.2) is 26.5 Å². The molecule has 2 aromatic carbocycles. The third-order valence-corrected chi connectivity index (χ3v) is 3.61. The molecule has 1 heterocycles. The van der Waals surface area contributed by atoms with Crippen molar-refractivity contribution in [3.05, 3.63) is 66.0 Å². The van der Waals surface area contributed by atoms with Gasteiger partial charge < -0.3 is 5.11 Å². The van der Waals surface area contributed by atoms with Gasteiger partial charge in [0, 0.05) is 6.42 Å². The Morgan fingerprint density at radius 2 is 1.67 bits per heavy atom. The van der Waals surface area contributed by atoms with Crippen molar-refractivity contribution in [3.63, 3.8) is 0 Å². The van der Waals surface area contributed by atoms with Gasteiger partial charge in [-0.2, -0.15) is 0 Å². The summed E-state index contributed by atoms with van der Waals surface area (Å²) in [4.78, 5) is 27.7. The van der Waals surface area contributed by atoms with E-state index in [-0.39, 0.29) is 18.7 Å². The molecule has 0 aliphatic heterocycles. The first-order valence-electron chi connectivity index (χ1n) is 7.61. The van der Waals surface area contributed by atoms with Crippen LogP contribution in [0.2, 0.25) is 0 Å². The van der Waals surface area contributed by atoms with E-state index in [1.54, 1.807) is 12.1 Å². The minimum Gasteiger partial charge on any atom is -0.481 e. The van der Waals surface area contributed by atoms with Gasteiger partial charge in [0.05, 0.1) is 17.5 Å². The zero-order valence-corrected chi connectivity index (χ0v) is 12.9. The predicted octanol–water partition coefficient (Wildman–Crippen LogP) is 3.71. The SMILES string of the molecule is O=C(O)CCC(=O)n1c(/C=C/c2ccccc2)nc2ccccc21. The van der Waals surface area contributed by atoms with E-state index in [2.05, 4.69) is 4.98 Å². The van der Waals surface area contributed by atoms with Gasteiger partial charge in [0.2, 0.25) is 5.91 Å². The molecule has 5 nitrogen and oxygen atoms in total. The molecule has 0 bridgehead atoms. The summed E-state index contributed by atoms with van der Waals surface area (Å²) in [6.07, 6.45) is 3.38. The smallest absolute Gasteiger partial charge is 0.303 e. The molecular weight excluding hydrogens is 304 g/mol. The molecule has 5 heteroatoms. The van der Waals surface area contributed by atoms with Crippen LogP contribution >= 0.6 is 0 Å². The van der Waals surface area contributed by atoms with Crippen LogP contribution in [0, 0.1) is 0 Å². The van der Waals surface area contributed by atoms with Crippen LogP contribution in [0.5, 0.6) is 0 Å². The maximum absolute atomic E-state index is 12.5. The van der Waals surface area contributed by atoms with Crippen molar-refractivity contribution in [2.45, 2.75) is 12.8 Å². The Kier molecular flexibility index (Phi) is 4.52. The molecule has 3 aromatic rings. The summed E-state index contributed by atoms with van der Waals surface area (Å²) in [6, 6.07) is 17.0. The van der Waals surface area contributed by atoms with Crippen molar-refractivity contribution in [1.29, 1.82) is 0 Å². The molecule has 0 saturated heterocycles. The molecule has 0 fully saturated rings. The molecule has 0 saturated carbocycles. The fourth-order valence-electron chi connectivity index (χ4n) is 2.48. The summed E-state index contributed by atoms with van der Waals surface area (Å²) < 4.78 is 1.48. The third-order valence-electron chi connectivity index (χ3n) is 3.61. The van der Waals surface area contributed by atoms with E-state index < -0.39 is 5.97 Å². The minimum absolute atomic E-state index is 0.0676. The Morgan fingerprint density at radius 1 is 0.958 bits per heavy atom. The molecule has 120 valence electrons. The summed E-state index contributed by atoms with van der Waals surface area (Å²) in [5.74, 6) is -0.775. The normalized spacial score (nSPS) is 11.2. The van der Waals surface area contributed by atoms with Crippen LogP contribution in [0.25, 0.3) is 23.2 Å². The van der Waals surface area contributed by atoms with Crippen molar-refractivity contribution in [2.75, 3.05) is 0 Å². The van der Waals surface area contributed by atoms with Crippen LogP contribution in [0.3, 0.4) is 0 Å². The average Bonchev–Trinajstić information content (AvgIpc) is 2.97. The third kappa shape index (κ3) is 3.41. The Hall–Kier alpha value is -3.21. The van der Waals surface area contributed by atoms with Gasteiger partial charge >= 0.3 is 5.97 Å². The highest BCUT2D eigenvalue weighted by Gasteiger charge is 2.15. The lowest BCUT2D eigenvalue weighted by atomic mass is 10.2. The van der Waals surface area contributed by atoms with Gasteiger partial charge in [0.1, 0.15) is 5.82 Å². The number of rotatable bonds is 5. The molecule has 0 radical (unpaired) electrons. The van der Waals surface area contributed by atoms with Gasteiger partial charge in [0.25, 0.3) is 0 Å². The van der Waals surface area contributed by atoms with Gasteiger partial charge in [-0.15, -0.1) is 0 Å². The second-order valence-electron chi connectivity index (χ2n) is 5.33. The molecule has 0 amide bonds. The van der Waals surface area contributed by atoms with Crippen LogP contribution in [0.1, 0.15) is 29.0 Å². The second-order valence-corrected chi connectivity index (χ2v) is 5.33. The number of aliphatic carboxylic acids is 1. The number of fused-ring (bicyclic) bond motifs is 1. The first-order chi connectivity index (χ1) is 11.6. The number of benzene rings is 2. The average molecular weight is 320 g/mol. The van der Waals surface area contributed by atoms with E-state index in [0.717, 1.165) is 5.56 Å². The molecule has 0 spiro atoms. The molecule has 1 aromatic heterocycles. The summed E-state index contributed by atoms with van der Waals surface area (Å²) in [5.41, 5.74) is 2.38. The van der Waals surface area contributed by atoms with Crippen LogP contribution in [0.15, 0.2) is 54.6 Å². The molecule has 3 rings (SSSR count). The number of carbonyl (C=O) groups excluding carboxylic acids is 1. The van der Waals surface area contributed by atoms with Crippen molar-refractivity contribution < 1.29 is 14.7 Å². The zero-order chi connectivity index (χ0) is 16.9. The summed E-state index contributed by atoms with van der Waals surface area (Å²) >= 11 is 0. The van der Waals surface area contributed by atoms with E-state index in [4.69, 9.17) is 5.11 Å². The van der Waals surface area contributed by atoms with Crippen molar-refractivity contribution in [3.8, 4) is 0 Å². The molecule has 0 aliphatic carbocycles.